The lowest BCUT2D eigenvalue weighted by atomic mass is 9.96. The molecule has 33 heavy (non-hydrogen) atoms. The number of aliphatic carboxylic acids is 1. The minimum Gasteiger partial charge on any atom is -0.477 e. The van der Waals surface area contributed by atoms with Gasteiger partial charge >= 0.3 is 5.97 Å². The Kier molecular flexibility index (Phi) is 7.08. The maximum atomic E-state index is 13.5. The quantitative estimate of drug-likeness (QED) is 0.364. The van der Waals surface area contributed by atoms with Crippen LogP contribution in [-0.4, -0.2) is 64.0 Å². The molecule has 1 aromatic carbocycles. The van der Waals surface area contributed by atoms with Crippen molar-refractivity contribution in [3.05, 3.63) is 47.2 Å². The van der Waals surface area contributed by atoms with Crippen LogP contribution in [0.1, 0.15) is 44.2 Å². The topological polar surface area (TPSA) is 131 Å². The predicted molar refractivity (Wildman–Crippen MR) is 122 cm³/mol. The van der Waals surface area contributed by atoms with Gasteiger partial charge in [-0.05, 0) is 30.9 Å². The van der Waals surface area contributed by atoms with Crippen LogP contribution in [0.2, 0.25) is 0 Å². The summed E-state index contributed by atoms with van der Waals surface area (Å²) in [5.74, 6) is -1.99. The summed E-state index contributed by atoms with van der Waals surface area (Å²) in [7, 11) is 0. The zero-order valence-electron chi connectivity index (χ0n) is 18.5. The molecular formula is C23H29N3O6S. The van der Waals surface area contributed by atoms with E-state index in [2.05, 4.69) is 5.32 Å². The maximum Gasteiger partial charge on any atom is 0.352 e. The molecule has 2 amide bonds. The number of nitrogens with zero attached hydrogens (tertiary/aromatic N) is 1. The molecule has 1 aliphatic carbocycles. The first kappa shape index (κ1) is 23.7. The van der Waals surface area contributed by atoms with Crippen LogP contribution in [0.4, 0.5) is 0 Å². The number of thioether (sulfide) groups is 1. The summed E-state index contributed by atoms with van der Waals surface area (Å²) >= 11 is 1.36. The minimum absolute atomic E-state index is 0.0931. The van der Waals surface area contributed by atoms with E-state index in [0.29, 0.717) is 23.5 Å². The monoisotopic (exact) mass is 475 g/mol. The van der Waals surface area contributed by atoms with Gasteiger partial charge in [0, 0.05) is 12.4 Å². The average molecular weight is 476 g/mol. The Morgan fingerprint density at radius 3 is 2.64 bits per heavy atom. The van der Waals surface area contributed by atoms with Crippen molar-refractivity contribution in [3.63, 3.8) is 0 Å². The number of ether oxygens (including phenoxy) is 2. The first-order chi connectivity index (χ1) is 15.9. The number of amides is 2. The molecular weight excluding hydrogens is 446 g/mol. The molecule has 4 rings (SSSR count). The number of hydrogen-bond donors (Lipinski definition) is 3. The Hall–Kier alpha value is -2.40. The number of nitrogens with one attached hydrogen (secondary N) is 1. The highest BCUT2D eigenvalue weighted by Gasteiger charge is 2.68. The van der Waals surface area contributed by atoms with Gasteiger partial charge < -0.3 is 25.6 Å². The Morgan fingerprint density at radius 1 is 1.30 bits per heavy atom. The molecule has 0 spiro atoms. The van der Waals surface area contributed by atoms with Gasteiger partial charge in [0.25, 0.3) is 11.6 Å². The highest BCUT2D eigenvalue weighted by Crippen LogP contribution is 2.48. The summed E-state index contributed by atoms with van der Waals surface area (Å²) in [5.41, 5.74) is 5.57. The standard InChI is InChI=1S/C23H29N3O6S/c1-2-31-12-15-13-33-22-23(32-16-10-6-7-11-16,21(30)26(22)18(15)20(28)29)25-19(27)17(24)14-8-4-3-5-9-14/h3-5,8-9,16-17,22H,2,6-7,10-13,24H2,1H3,(H,25,27)(H,28,29)/t17?,22-,23?/m1/s1. The third kappa shape index (κ3) is 4.40. The van der Waals surface area contributed by atoms with Crippen LogP contribution in [-0.2, 0) is 23.9 Å². The van der Waals surface area contributed by atoms with Gasteiger partial charge in [0.05, 0.1) is 12.7 Å². The molecule has 1 saturated carbocycles. The minimum atomic E-state index is -1.65. The van der Waals surface area contributed by atoms with E-state index >= 15 is 0 Å². The van der Waals surface area contributed by atoms with Gasteiger partial charge in [-0.1, -0.05) is 43.2 Å². The van der Waals surface area contributed by atoms with E-state index < -0.39 is 34.9 Å². The molecule has 2 fully saturated rings. The van der Waals surface area contributed by atoms with Crippen molar-refractivity contribution >= 4 is 29.5 Å². The van der Waals surface area contributed by atoms with Crippen LogP contribution in [0.3, 0.4) is 0 Å². The van der Waals surface area contributed by atoms with Crippen LogP contribution < -0.4 is 11.1 Å². The molecule has 1 aromatic rings. The average Bonchev–Trinajstić information content (AvgIpc) is 3.34. The van der Waals surface area contributed by atoms with Gasteiger partial charge in [-0.25, -0.2) is 4.79 Å². The van der Waals surface area contributed by atoms with Crippen molar-refractivity contribution in [1.29, 1.82) is 0 Å². The second-order valence-corrected chi connectivity index (χ2v) is 9.44. The van der Waals surface area contributed by atoms with E-state index in [1.54, 1.807) is 24.3 Å². The van der Waals surface area contributed by atoms with Gasteiger partial charge in [-0.3, -0.25) is 14.5 Å². The zero-order valence-corrected chi connectivity index (χ0v) is 19.3. The van der Waals surface area contributed by atoms with Crippen LogP contribution in [0.15, 0.2) is 41.6 Å². The summed E-state index contributed by atoms with van der Waals surface area (Å²) in [6.45, 7) is 2.38. The summed E-state index contributed by atoms with van der Waals surface area (Å²) in [6, 6.07) is 7.88. The fraction of sp³-hybridized carbons (Fsp3) is 0.522. The Labute approximate surface area is 196 Å². The molecule has 9 nitrogen and oxygen atoms in total. The lowest BCUT2D eigenvalue weighted by Gasteiger charge is -2.57. The molecule has 0 aromatic heterocycles. The summed E-state index contributed by atoms with van der Waals surface area (Å²) in [5, 5.41) is 11.9. The van der Waals surface area contributed by atoms with Crippen molar-refractivity contribution in [3.8, 4) is 0 Å². The van der Waals surface area contributed by atoms with Crippen LogP contribution in [0, 0.1) is 0 Å². The van der Waals surface area contributed by atoms with E-state index in [0.717, 1.165) is 25.7 Å². The first-order valence-corrected chi connectivity index (χ1v) is 12.2. The predicted octanol–water partition coefficient (Wildman–Crippen LogP) is 1.75. The second kappa shape index (κ2) is 9.84. The largest absolute Gasteiger partial charge is 0.477 e. The van der Waals surface area contributed by atoms with Crippen molar-refractivity contribution in [2.75, 3.05) is 19.0 Å². The number of nitrogens with two attached hydrogens (primary N) is 1. The van der Waals surface area contributed by atoms with Crippen LogP contribution in [0.25, 0.3) is 0 Å². The van der Waals surface area contributed by atoms with E-state index in [9.17, 15) is 19.5 Å². The second-order valence-electron chi connectivity index (χ2n) is 8.37. The highest BCUT2D eigenvalue weighted by molar-refractivity contribution is 8.00. The van der Waals surface area contributed by atoms with Crippen molar-refractivity contribution in [2.45, 2.75) is 55.9 Å². The Morgan fingerprint density at radius 2 is 2.00 bits per heavy atom. The summed E-state index contributed by atoms with van der Waals surface area (Å²) < 4.78 is 11.7. The molecule has 178 valence electrons. The third-order valence-corrected chi connectivity index (χ3v) is 7.57. The number of fused-ring (bicyclic) bond motifs is 1. The molecule has 0 radical (unpaired) electrons. The number of β-lactam (4-membered cyclic amide) rings is 1. The van der Waals surface area contributed by atoms with Gasteiger partial charge in [0.2, 0.25) is 5.91 Å². The molecule has 0 bridgehead atoms. The van der Waals surface area contributed by atoms with Crippen LogP contribution >= 0.6 is 11.8 Å². The van der Waals surface area contributed by atoms with Crippen molar-refractivity contribution < 1.29 is 29.0 Å². The number of carboxylic acids is 1. The fourth-order valence-electron chi connectivity index (χ4n) is 4.52. The fourth-order valence-corrected chi connectivity index (χ4v) is 5.90. The molecule has 2 heterocycles. The van der Waals surface area contributed by atoms with Crippen molar-refractivity contribution in [1.82, 2.24) is 10.2 Å². The summed E-state index contributed by atoms with van der Waals surface area (Å²) in [6.07, 6.45) is 3.33. The molecule has 4 N–H and O–H groups in total. The number of carbonyl (C=O) groups is 3. The van der Waals surface area contributed by atoms with Gasteiger partial charge in [-0.2, -0.15) is 0 Å². The zero-order chi connectivity index (χ0) is 23.6. The van der Waals surface area contributed by atoms with E-state index in [4.69, 9.17) is 15.2 Å². The van der Waals surface area contributed by atoms with E-state index in [-0.39, 0.29) is 18.4 Å². The number of carboxylic acid groups (broad SMARTS) is 1. The third-order valence-electron chi connectivity index (χ3n) is 6.20. The Balaban J connectivity index is 1.63. The lowest BCUT2D eigenvalue weighted by Crippen LogP contribution is -2.81. The van der Waals surface area contributed by atoms with E-state index in [1.807, 2.05) is 13.0 Å². The molecule has 3 atom stereocenters. The SMILES string of the molecule is CCOCC1=C(C(=O)O)N2C(=O)C(NC(=O)C(N)c3ccccc3)(OC3CCCC3)[C@H]2SC1. The highest BCUT2D eigenvalue weighted by atomic mass is 32.2. The number of benzene rings is 1. The van der Waals surface area contributed by atoms with E-state index in [1.165, 1.54) is 16.7 Å². The number of carbonyl (C=O) groups excluding carboxylic acids is 2. The number of hydrogen-bond acceptors (Lipinski definition) is 7. The Bertz CT molecular complexity index is 949. The normalized spacial score (nSPS) is 26.1. The lowest BCUT2D eigenvalue weighted by molar-refractivity contribution is -0.209. The molecule has 1 saturated heterocycles. The first-order valence-electron chi connectivity index (χ1n) is 11.2. The molecule has 2 aliphatic heterocycles. The summed E-state index contributed by atoms with van der Waals surface area (Å²) in [4.78, 5) is 39.9. The van der Waals surface area contributed by atoms with Crippen molar-refractivity contribution in [2.24, 2.45) is 5.73 Å². The molecule has 2 unspecified atom stereocenters. The van der Waals surface area contributed by atoms with Gasteiger partial charge in [0.1, 0.15) is 17.1 Å². The van der Waals surface area contributed by atoms with Gasteiger partial charge in [-0.15, -0.1) is 11.8 Å². The van der Waals surface area contributed by atoms with Gasteiger partial charge in [0.15, 0.2) is 0 Å². The molecule has 10 heteroatoms. The smallest absolute Gasteiger partial charge is 0.352 e. The maximum absolute atomic E-state index is 13.5. The molecule has 3 aliphatic rings. The number of rotatable bonds is 9. The van der Waals surface area contributed by atoms with Crippen LogP contribution in [0.5, 0.6) is 0 Å².